The molecule has 1 aliphatic rings. The Balaban J connectivity index is 2.15. The first-order chi connectivity index (χ1) is 8.72. The molecule has 0 unspecified atom stereocenters. The first-order valence-electron chi connectivity index (χ1n) is 6.33. The summed E-state index contributed by atoms with van der Waals surface area (Å²) < 4.78 is 0. The maximum Gasteiger partial charge on any atom is 0.130 e. The summed E-state index contributed by atoms with van der Waals surface area (Å²) in [5.41, 5.74) is 9.14. The molecule has 0 amide bonds. The van der Waals surface area contributed by atoms with Crippen LogP contribution in [0.3, 0.4) is 0 Å². The van der Waals surface area contributed by atoms with E-state index >= 15 is 0 Å². The van der Waals surface area contributed by atoms with Crippen LogP contribution < -0.4 is 5.73 Å². The van der Waals surface area contributed by atoms with Gasteiger partial charge in [0, 0.05) is 11.1 Å². The molecule has 0 bridgehead atoms. The van der Waals surface area contributed by atoms with Gasteiger partial charge in [0.2, 0.25) is 0 Å². The Kier molecular flexibility index (Phi) is 2.71. The molecular formula is C14H15N3S. The van der Waals surface area contributed by atoms with Gasteiger partial charge in [0.1, 0.15) is 15.8 Å². The lowest BCUT2D eigenvalue weighted by Crippen LogP contribution is -2.14. The smallest absolute Gasteiger partial charge is 0.130 e. The van der Waals surface area contributed by atoms with E-state index in [0.29, 0.717) is 10.6 Å². The van der Waals surface area contributed by atoms with E-state index in [1.807, 2.05) is 0 Å². The zero-order valence-electron chi connectivity index (χ0n) is 10.4. The minimum atomic E-state index is 0.590. The maximum absolute atomic E-state index is 9.02. The van der Waals surface area contributed by atoms with Crippen molar-refractivity contribution in [2.75, 3.05) is 5.73 Å². The molecule has 0 spiro atoms. The van der Waals surface area contributed by atoms with Crippen LogP contribution in [-0.2, 0) is 12.8 Å². The van der Waals surface area contributed by atoms with Crippen LogP contribution in [0.4, 0.5) is 5.69 Å². The van der Waals surface area contributed by atoms with E-state index in [4.69, 9.17) is 16.0 Å². The van der Waals surface area contributed by atoms with E-state index in [-0.39, 0.29) is 0 Å². The highest BCUT2D eigenvalue weighted by Crippen LogP contribution is 2.36. The molecule has 18 heavy (non-hydrogen) atoms. The topological polar surface area (TPSA) is 62.7 Å². The lowest BCUT2D eigenvalue weighted by Gasteiger charge is -2.22. The summed E-state index contributed by atoms with van der Waals surface area (Å²) in [4.78, 5) is 6.21. The minimum absolute atomic E-state index is 0.590. The second kappa shape index (κ2) is 4.25. The second-order valence-electron chi connectivity index (χ2n) is 4.92. The minimum Gasteiger partial charge on any atom is -0.396 e. The quantitative estimate of drug-likeness (QED) is 0.852. The van der Waals surface area contributed by atoms with Crippen LogP contribution in [0.25, 0.3) is 10.2 Å². The van der Waals surface area contributed by atoms with Crippen molar-refractivity contribution < 1.29 is 0 Å². The van der Waals surface area contributed by atoms with E-state index in [1.165, 1.54) is 35.4 Å². The number of fused-ring (bicyclic) bond motifs is 2. The molecule has 2 heterocycles. The van der Waals surface area contributed by atoms with Crippen molar-refractivity contribution in [2.24, 2.45) is 5.92 Å². The summed E-state index contributed by atoms with van der Waals surface area (Å²) in [6.07, 6.45) is 4.61. The molecule has 4 heteroatoms. The molecule has 3 rings (SSSR count). The standard InChI is InChI=1S/C14H15N3S/c1-2-8-3-4-11-9(5-8)6-10-13(16)12(7-15)18-14(10)17-11/h6,8H,2-5,16H2,1H3/t8-/m1/s1. The van der Waals surface area contributed by atoms with Gasteiger partial charge in [0.05, 0.1) is 5.69 Å². The molecule has 0 saturated heterocycles. The Morgan fingerprint density at radius 2 is 2.44 bits per heavy atom. The number of aryl methyl sites for hydroxylation is 1. The molecule has 0 aliphatic heterocycles. The SMILES string of the molecule is CC[C@@H]1CCc2nc3sc(C#N)c(N)c3cc2C1. The van der Waals surface area contributed by atoms with E-state index in [0.717, 1.165) is 29.0 Å². The number of pyridine rings is 1. The van der Waals surface area contributed by atoms with Gasteiger partial charge in [0.25, 0.3) is 0 Å². The van der Waals surface area contributed by atoms with Gasteiger partial charge in [-0.15, -0.1) is 11.3 Å². The van der Waals surface area contributed by atoms with Crippen LogP contribution >= 0.6 is 11.3 Å². The third-order valence-corrected chi connectivity index (χ3v) is 4.89. The number of anilines is 1. The van der Waals surface area contributed by atoms with Crippen molar-refractivity contribution in [2.45, 2.75) is 32.6 Å². The Morgan fingerprint density at radius 1 is 1.61 bits per heavy atom. The molecule has 1 atom stereocenters. The van der Waals surface area contributed by atoms with Crippen molar-refractivity contribution in [3.05, 3.63) is 22.2 Å². The molecule has 1 aliphatic carbocycles. The molecule has 0 radical (unpaired) electrons. The van der Waals surface area contributed by atoms with Crippen molar-refractivity contribution in [1.82, 2.24) is 4.98 Å². The third kappa shape index (κ3) is 1.67. The van der Waals surface area contributed by atoms with Crippen LogP contribution in [-0.4, -0.2) is 4.98 Å². The number of nitrogens with two attached hydrogens (primary N) is 1. The van der Waals surface area contributed by atoms with E-state index in [2.05, 4.69) is 19.1 Å². The van der Waals surface area contributed by atoms with Crippen molar-refractivity contribution in [3.8, 4) is 6.07 Å². The summed E-state index contributed by atoms with van der Waals surface area (Å²) in [7, 11) is 0. The van der Waals surface area contributed by atoms with Gasteiger partial charge in [0.15, 0.2) is 0 Å². The van der Waals surface area contributed by atoms with Crippen LogP contribution in [0, 0.1) is 17.2 Å². The summed E-state index contributed by atoms with van der Waals surface area (Å²) >= 11 is 1.41. The Morgan fingerprint density at radius 3 is 3.17 bits per heavy atom. The normalized spacial score (nSPS) is 18.6. The highest BCUT2D eigenvalue weighted by molar-refractivity contribution is 7.19. The lowest BCUT2D eigenvalue weighted by atomic mass is 9.85. The predicted molar refractivity (Wildman–Crippen MR) is 74.6 cm³/mol. The summed E-state index contributed by atoms with van der Waals surface area (Å²) in [5.74, 6) is 0.770. The van der Waals surface area contributed by atoms with Crippen LogP contribution in [0.1, 0.15) is 35.9 Å². The van der Waals surface area contributed by atoms with Crippen LogP contribution in [0.2, 0.25) is 0 Å². The molecule has 92 valence electrons. The maximum atomic E-state index is 9.02. The van der Waals surface area contributed by atoms with Gasteiger partial charge in [-0.2, -0.15) is 5.26 Å². The first-order valence-corrected chi connectivity index (χ1v) is 7.15. The fourth-order valence-corrected chi connectivity index (χ4v) is 3.59. The number of nitrogen functional groups attached to an aromatic ring is 1. The summed E-state index contributed by atoms with van der Waals surface area (Å²) in [6.45, 7) is 2.24. The average Bonchev–Trinajstić information content (AvgIpc) is 2.72. The zero-order chi connectivity index (χ0) is 12.7. The molecule has 0 saturated carbocycles. The van der Waals surface area contributed by atoms with Gasteiger partial charge in [-0.1, -0.05) is 13.3 Å². The Labute approximate surface area is 110 Å². The Hall–Kier alpha value is -1.60. The lowest BCUT2D eigenvalue weighted by molar-refractivity contribution is 0.441. The third-order valence-electron chi connectivity index (χ3n) is 3.87. The van der Waals surface area contributed by atoms with Gasteiger partial charge < -0.3 is 5.73 Å². The Bertz CT molecular complexity index is 651. The molecular weight excluding hydrogens is 242 g/mol. The van der Waals surface area contributed by atoms with Gasteiger partial charge >= 0.3 is 0 Å². The summed E-state index contributed by atoms with van der Waals surface area (Å²) in [6, 6.07) is 4.31. The molecule has 2 aromatic heterocycles. The van der Waals surface area contributed by atoms with E-state index in [9.17, 15) is 0 Å². The van der Waals surface area contributed by atoms with E-state index < -0.39 is 0 Å². The monoisotopic (exact) mass is 257 g/mol. The van der Waals surface area contributed by atoms with Crippen LogP contribution in [0.15, 0.2) is 6.07 Å². The number of hydrogen-bond acceptors (Lipinski definition) is 4. The summed E-state index contributed by atoms with van der Waals surface area (Å²) in [5, 5.41) is 9.98. The number of nitrogens with zero attached hydrogens (tertiary/aromatic N) is 2. The molecule has 0 aromatic carbocycles. The molecule has 0 fully saturated rings. The highest BCUT2D eigenvalue weighted by Gasteiger charge is 2.21. The first kappa shape index (κ1) is 11.5. The van der Waals surface area contributed by atoms with Gasteiger partial charge in [-0.3, -0.25) is 0 Å². The molecule has 2 aromatic rings. The largest absolute Gasteiger partial charge is 0.396 e. The van der Waals surface area contributed by atoms with Crippen molar-refractivity contribution in [1.29, 1.82) is 5.26 Å². The van der Waals surface area contributed by atoms with Crippen LogP contribution in [0.5, 0.6) is 0 Å². The number of aromatic nitrogens is 1. The molecule has 2 N–H and O–H groups in total. The highest BCUT2D eigenvalue weighted by atomic mass is 32.1. The van der Waals surface area contributed by atoms with Crippen molar-refractivity contribution in [3.63, 3.8) is 0 Å². The van der Waals surface area contributed by atoms with Crippen molar-refractivity contribution >= 4 is 27.2 Å². The number of hydrogen-bond donors (Lipinski definition) is 1. The number of rotatable bonds is 1. The average molecular weight is 257 g/mol. The fourth-order valence-electron chi connectivity index (χ4n) is 2.70. The van der Waals surface area contributed by atoms with E-state index in [1.54, 1.807) is 0 Å². The number of thiophene rings is 1. The van der Waals surface area contributed by atoms with Gasteiger partial charge in [-0.25, -0.2) is 4.98 Å². The number of nitriles is 1. The zero-order valence-corrected chi connectivity index (χ0v) is 11.2. The molecule has 3 nitrogen and oxygen atoms in total. The predicted octanol–water partition coefficient (Wildman–Crippen LogP) is 3.27. The van der Waals surface area contributed by atoms with Gasteiger partial charge in [-0.05, 0) is 36.8 Å². The second-order valence-corrected chi connectivity index (χ2v) is 5.92. The fraction of sp³-hybridized carbons (Fsp3) is 0.429.